The summed E-state index contributed by atoms with van der Waals surface area (Å²) in [6.07, 6.45) is 1.04. The van der Waals surface area contributed by atoms with Gasteiger partial charge in [0.15, 0.2) is 0 Å². The first-order valence-electron chi connectivity index (χ1n) is 2.13. The summed E-state index contributed by atoms with van der Waals surface area (Å²) < 4.78 is 9.96. The van der Waals surface area contributed by atoms with Crippen molar-refractivity contribution in [2.45, 2.75) is 6.92 Å². The summed E-state index contributed by atoms with van der Waals surface area (Å²) in [7, 11) is -2.94. The van der Waals surface area contributed by atoms with Gasteiger partial charge in [-0.2, -0.15) is 0 Å². The first-order valence-corrected chi connectivity index (χ1v) is 3.31. The van der Waals surface area contributed by atoms with Gasteiger partial charge in [0, 0.05) is 0 Å². The Kier molecular flexibility index (Phi) is 3.06. The molecule has 0 radical (unpaired) electrons. The van der Waals surface area contributed by atoms with E-state index < -0.39 is 19.3 Å². The maximum Gasteiger partial charge on any atom is 0.382 e. The van der Waals surface area contributed by atoms with E-state index in [1.54, 1.807) is 0 Å². The first-order chi connectivity index (χ1) is 4.09. The van der Waals surface area contributed by atoms with Crippen LogP contribution in [0.3, 0.4) is 0 Å². The Labute approximate surface area is 52.7 Å². The molecule has 1 unspecified atom stereocenters. The molecule has 0 aromatic rings. The van der Waals surface area contributed by atoms with Crippen molar-refractivity contribution in [3.63, 3.8) is 0 Å². The number of allylic oxidation sites excluding steroid dienone is 1. The zero-order valence-corrected chi connectivity index (χ0v) is 5.59. The van der Waals surface area contributed by atoms with Crippen LogP contribution in [0.5, 0.6) is 0 Å². The van der Waals surface area contributed by atoms with Crippen LogP contribution in [0.25, 0.3) is 0 Å². The minimum atomic E-state index is -2.94. The van der Waals surface area contributed by atoms with Gasteiger partial charge in [0.1, 0.15) is 0 Å². The van der Waals surface area contributed by atoms with Gasteiger partial charge in [-0.3, -0.25) is 0 Å². The highest BCUT2D eigenvalue weighted by atomic mass is 31.1. The molecule has 0 aliphatic rings. The molecule has 5 heteroatoms. The third kappa shape index (κ3) is 2.35. The molecule has 0 saturated carbocycles. The molecule has 0 aromatic heterocycles. The summed E-state index contributed by atoms with van der Waals surface area (Å²) in [5, 5.41) is 7.53. The molecule has 0 aliphatic carbocycles. The molecule has 0 bridgehead atoms. The quantitative estimate of drug-likeness (QED) is 0.444. The van der Waals surface area contributed by atoms with Crippen LogP contribution in [0.15, 0.2) is 11.4 Å². The van der Waals surface area contributed by atoms with Crippen molar-refractivity contribution in [2.24, 2.45) is 0 Å². The predicted molar refractivity (Wildman–Crippen MR) is 29.0 cm³/mol. The van der Waals surface area contributed by atoms with Gasteiger partial charge in [0.25, 0.3) is 5.31 Å². The van der Waals surface area contributed by atoms with Crippen LogP contribution in [-0.4, -0.2) is 11.1 Å². The smallest absolute Gasteiger partial charge is 0.382 e. The van der Waals surface area contributed by atoms with Crippen LogP contribution in [0.4, 0.5) is 0 Å². The number of hydrogen-bond acceptors (Lipinski definition) is 3. The van der Waals surface area contributed by atoms with E-state index >= 15 is 0 Å². The van der Waals surface area contributed by atoms with Crippen molar-refractivity contribution in [3.05, 3.63) is 11.4 Å². The lowest BCUT2D eigenvalue weighted by Crippen LogP contribution is -2.01. The first kappa shape index (κ1) is 8.27. The molecule has 50 valence electrons. The van der Waals surface area contributed by atoms with Crippen LogP contribution < -0.4 is 4.89 Å². The molecular formula is C4H5O4P. The second kappa shape index (κ2) is 3.33. The zero-order valence-electron chi connectivity index (χ0n) is 4.70. The third-order valence-corrected chi connectivity index (χ3v) is 1.53. The standard InChI is InChI=1S/C4H5O4P/c1-2-3(4(5)6)9(7)8/h2H,1H3,(H,5,6)/b3-2-. The summed E-state index contributed by atoms with van der Waals surface area (Å²) in [4.78, 5) is 19.9. The van der Waals surface area contributed by atoms with Gasteiger partial charge in [-0.25, -0.2) is 4.79 Å². The van der Waals surface area contributed by atoms with E-state index in [1.165, 1.54) is 6.92 Å². The average Bonchev–Trinajstić information content (AvgIpc) is 1.64. The van der Waals surface area contributed by atoms with Crippen molar-refractivity contribution in [2.75, 3.05) is 0 Å². The van der Waals surface area contributed by atoms with Crippen molar-refractivity contribution in [1.82, 2.24) is 0 Å². The van der Waals surface area contributed by atoms with Crippen molar-refractivity contribution in [3.8, 4) is 0 Å². The largest absolute Gasteiger partial charge is 0.591 e. The molecule has 0 heterocycles. The SMILES string of the molecule is C/C=C(/C(=O)O)[P+](=O)[O-]. The second-order valence-electron chi connectivity index (χ2n) is 1.24. The zero-order chi connectivity index (χ0) is 7.44. The summed E-state index contributed by atoms with van der Waals surface area (Å²) in [5.74, 6) is -1.41. The fraction of sp³-hybridized carbons (Fsp3) is 0.250. The molecule has 0 aromatic carbocycles. The summed E-state index contributed by atoms with van der Waals surface area (Å²) >= 11 is 0. The molecule has 1 N–H and O–H groups in total. The van der Waals surface area contributed by atoms with E-state index in [9.17, 15) is 14.3 Å². The third-order valence-electron chi connectivity index (χ3n) is 0.689. The molecule has 4 nitrogen and oxygen atoms in total. The van der Waals surface area contributed by atoms with Gasteiger partial charge in [0.2, 0.25) is 0 Å². The summed E-state index contributed by atoms with van der Waals surface area (Å²) in [5.41, 5.74) is 0. The Balaban J connectivity index is 4.38. The second-order valence-corrected chi connectivity index (χ2v) is 2.23. The van der Waals surface area contributed by atoms with Gasteiger partial charge in [0.05, 0.1) is 0 Å². The highest BCUT2D eigenvalue weighted by molar-refractivity contribution is 7.43. The Bertz CT molecular complexity index is 155. The molecule has 0 aliphatic heterocycles. The van der Waals surface area contributed by atoms with Gasteiger partial charge >= 0.3 is 14.0 Å². The van der Waals surface area contributed by atoms with E-state index in [1.807, 2.05) is 0 Å². The van der Waals surface area contributed by atoms with Crippen molar-refractivity contribution >= 4 is 14.0 Å². The van der Waals surface area contributed by atoms with Crippen LogP contribution in [-0.2, 0) is 9.36 Å². The highest BCUT2D eigenvalue weighted by Crippen LogP contribution is 2.21. The molecule has 1 atom stereocenters. The number of hydrogen-bond donors (Lipinski definition) is 1. The maximum absolute atomic E-state index is 9.96. The summed E-state index contributed by atoms with van der Waals surface area (Å²) in [6, 6.07) is 0. The molecule has 0 amide bonds. The molecular weight excluding hydrogens is 143 g/mol. The van der Waals surface area contributed by atoms with E-state index in [4.69, 9.17) is 5.11 Å². The fourth-order valence-corrected chi connectivity index (χ4v) is 0.674. The Morgan fingerprint density at radius 1 is 1.78 bits per heavy atom. The van der Waals surface area contributed by atoms with E-state index in [0.29, 0.717) is 0 Å². The lowest BCUT2D eigenvalue weighted by molar-refractivity contribution is -0.163. The minimum absolute atomic E-state index is 0.565. The Morgan fingerprint density at radius 2 is 2.22 bits per heavy atom. The lowest BCUT2D eigenvalue weighted by atomic mass is 10.5. The Morgan fingerprint density at radius 3 is 2.22 bits per heavy atom. The monoisotopic (exact) mass is 148 g/mol. The number of carboxylic acid groups (broad SMARTS) is 1. The van der Waals surface area contributed by atoms with E-state index in [2.05, 4.69) is 0 Å². The van der Waals surface area contributed by atoms with E-state index in [0.717, 1.165) is 6.08 Å². The van der Waals surface area contributed by atoms with Gasteiger partial charge in [-0.1, -0.05) is 4.57 Å². The van der Waals surface area contributed by atoms with Crippen LogP contribution in [0, 0.1) is 0 Å². The Hall–Kier alpha value is -0.730. The van der Waals surface area contributed by atoms with Crippen LogP contribution >= 0.6 is 8.03 Å². The molecule has 0 fully saturated rings. The normalized spacial score (nSPS) is 13.1. The highest BCUT2D eigenvalue weighted by Gasteiger charge is 2.18. The van der Waals surface area contributed by atoms with Crippen LogP contribution in [0.1, 0.15) is 6.92 Å². The van der Waals surface area contributed by atoms with Crippen molar-refractivity contribution in [1.29, 1.82) is 0 Å². The molecule has 9 heavy (non-hydrogen) atoms. The number of rotatable bonds is 2. The maximum atomic E-state index is 9.96. The number of carboxylic acids is 1. The van der Waals surface area contributed by atoms with Crippen LogP contribution in [0.2, 0.25) is 0 Å². The van der Waals surface area contributed by atoms with E-state index in [-0.39, 0.29) is 0 Å². The van der Waals surface area contributed by atoms with Gasteiger partial charge in [-0.05, 0) is 13.0 Å². The van der Waals surface area contributed by atoms with Crippen molar-refractivity contribution < 1.29 is 19.4 Å². The lowest BCUT2D eigenvalue weighted by Gasteiger charge is -1.85. The number of carbonyl (C=O) groups is 1. The fourth-order valence-electron chi connectivity index (χ4n) is 0.307. The molecule has 0 rings (SSSR count). The number of aliphatic carboxylic acids is 1. The molecule has 0 spiro atoms. The molecule has 0 saturated heterocycles. The van der Waals surface area contributed by atoms with Gasteiger partial charge in [-0.15, -0.1) is 0 Å². The summed E-state index contributed by atoms with van der Waals surface area (Å²) in [6.45, 7) is 1.36. The average molecular weight is 148 g/mol. The minimum Gasteiger partial charge on any atom is -0.591 e. The topological polar surface area (TPSA) is 77.4 Å². The van der Waals surface area contributed by atoms with Gasteiger partial charge < -0.3 is 10.00 Å². The predicted octanol–water partition coefficient (Wildman–Crippen LogP) is 0.0775.